The van der Waals surface area contributed by atoms with E-state index in [2.05, 4.69) is 19.2 Å². The number of benzene rings is 1. The van der Waals surface area contributed by atoms with Crippen LogP contribution in [-0.2, 0) is 35.1 Å². The highest BCUT2D eigenvalue weighted by atomic mass is 35.5. The van der Waals surface area contributed by atoms with Crippen molar-refractivity contribution in [3.63, 3.8) is 0 Å². The van der Waals surface area contributed by atoms with Crippen LogP contribution in [0.4, 0.5) is 0 Å². The van der Waals surface area contributed by atoms with E-state index in [0.29, 0.717) is 5.92 Å². The van der Waals surface area contributed by atoms with Crippen LogP contribution in [0.3, 0.4) is 0 Å². The molecule has 2 aliphatic carbocycles. The van der Waals surface area contributed by atoms with Crippen molar-refractivity contribution in [1.29, 1.82) is 0 Å². The van der Waals surface area contributed by atoms with Crippen LogP contribution >= 0.6 is 23.2 Å². The van der Waals surface area contributed by atoms with Gasteiger partial charge in [-0.1, -0.05) is 67.4 Å². The molecule has 0 spiro atoms. The van der Waals surface area contributed by atoms with Crippen LogP contribution in [0.25, 0.3) is 0 Å². The van der Waals surface area contributed by atoms with Crippen LogP contribution in [0.5, 0.6) is 0 Å². The zero-order valence-electron chi connectivity index (χ0n) is 19.4. The Labute approximate surface area is 210 Å². The lowest BCUT2D eigenvalue weighted by molar-refractivity contribution is -0.158. The number of alkyl halides is 2. The molecule has 4 rings (SSSR count). The van der Waals surface area contributed by atoms with Crippen LogP contribution < -0.4 is 5.32 Å². The average molecular weight is 512 g/mol. The Morgan fingerprint density at radius 3 is 2.65 bits per heavy atom. The molecular formula is C25H31Cl2NO6. The minimum absolute atomic E-state index is 0.0144. The molecule has 1 heterocycles. The van der Waals surface area contributed by atoms with E-state index in [1.807, 2.05) is 30.3 Å². The van der Waals surface area contributed by atoms with Crippen molar-refractivity contribution in [1.82, 2.24) is 5.32 Å². The summed E-state index contributed by atoms with van der Waals surface area (Å²) in [7, 11) is 0. The first-order valence-corrected chi connectivity index (χ1v) is 12.3. The number of hydrogen-bond acceptors (Lipinski definition) is 7. The molecule has 0 amide bonds. The molecule has 0 aromatic heterocycles. The highest BCUT2D eigenvalue weighted by Crippen LogP contribution is 2.67. The summed E-state index contributed by atoms with van der Waals surface area (Å²) in [6.07, 6.45) is 4.69. The third kappa shape index (κ3) is 4.68. The van der Waals surface area contributed by atoms with Gasteiger partial charge < -0.3 is 24.3 Å². The van der Waals surface area contributed by atoms with Crippen LogP contribution in [0.2, 0.25) is 0 Å². The van der Waals surface area contributed by atoms with E-state index in [4.69, 9.17) is 42.1 Å². The second kappa shape index (κ2) is 10.1. The van der Waals surface area contributed by atoms with Gasteiger partial charge in [-0.15, -0.1) is 0 Å². The van der Waals surface area contributed by atoms with Gasteiger partial charge in [-0.05, 0) is 36.2 Å². The minimum atomic E-state index is -1.82. The maximum absolute atomic E-state index is 13.5. The van der Waals surface area contributed by atoms with Crippen LogP contribution in [0.15, 0.2) is 42.8 Å². The second-order valence-corrected chi connectivity index (χ2v) is 11.2. The number of ketones is 1. The highest BCUT2D eigenvalue weighted by Gasteiger charge is 2.69. The van der Waals surface area contributed by atoms with Gasteiger partial charge in [0.15, 0.2) is 0 Å². The highest BCUT2D eigenvalue weighted by molar-refractivity contribution is 6.57. The first-order chi connectivity index (χ1) is 16.2. The van der Waals surface area contributed by atoms with Gasteiger partial charge in [-0.3, -0.25) is 4.79 Å². The number of esters is 1. The van der Waals surface area contributed by atoms with Gasteiger partial charge in [0.05, 0.1) is 31.3 Å². The summed E-state index contributed by atoms with van der Waals surface area (Å²) in [6, 6.07) is 9.50. The Bertz CT molecular complexity index is 913. The molecule has 2 bridgehead atoms. The molecule has 9 heteroatoms. The third-order valence-electron chi connectivity index (χ3n) is 7.64. The number of Topliss-reactive ketones (excluding diaryl/α,β-unsaturated/α-hetero) is 1. The molecule has 0 saturated heterocycles. The van der Waals surface area contributed by atoms with Gasteiger partial charge >= 0.3 is 5.97 Å². The van der Waals surface area contributed by atoms with E-state index in [9.17, 15) is 9.59 Å². The largest absolute Gasteiger partial charge is 0.469 e. The molecule has 1 aromatic rings. The maximum Gasteiger partial charge on any atom is 0.345 e. The Kier molecular flexibility index (Phi) is 7.48. The monoisotopic (exact) mass is 511 g/mol. The molecule has 2 saturated carbocycles. The number of halogens is 2. The lowest BCUT2D eigenvalue weighted by atomic mass is 9.65. The van der Waals surface area contributed by atoms with E-state index in [1.165, 1.54) is 6.26 Å². The smallest absolute Gasteiger partial charge is 0.345 e. The van der Waals surface area contributed by atoms with E-state index in [1.54, 1.807) is 6.20 Å². The zero-order valence-corrected chi connectivity index (χ0v) is 20.9. The number of carbonyl (C=O) groups excluding carboxylic acids is 2. The van der Waals surface area contributed by atoms with Crippen molar-refractivity contribution >= 4 is 35.0 Å². The predicted octanol–water partition coefficient (Wildman–Crippen LogP) is 4.12. The van der Waals surface area contributed by atoms with E-state index in [-0.39, 0.29) is 43.7 Å². The molecule has 1 unspecified atom stereocenters. The fourth-order valence-corrected chi connectivity index (χ4v) is 5.99. The van der Waals surface area contributed by atoms with Gasteiger partial charge in [-0.25, -0.2) is 4.79 Å². The van der Waals surface area contributed by atoms with Crippen LogP contribution in [-0.4, -0.2) is 48.2 Å². The summed E-state index contributed by atoms with van der Waals surface area (Å²) in [5, 5.41) is 2.98. The lowest BCUT2D eigenvalue weighted by Gasteiger charge is -2.41. The quantitative estimate of drug-likeness (QED) is 0.271. The van der Waals surface area contributed by atoms with Gasteiger partial charge in [0.1, 0.15) is 12.9 Å². The standard InChI is InChI=1S/C25H31Cl2NO6/c1-23(2)18-8-9-24(23,20(29)21-28-10-11-33-21)19(14-18)32-12-13-34-22(30)25(26,27)16-31-15-17-6-4-3-5-7-17/h3-7,10-11,18-19,21,28H,8-9,12-16H2,1-2H3/t18-,19-,21?,24-/m0/s1. The Balaban J connectivity index is 1.26. The van der Waals surface area contributed by atoms with Crippen molar-refractivity contribution in [2.75, 3.05) is 19.8 Å². The predicted molar refractivity (Wildman–Crippen MR) is 127 cm³/mol. The van der Waals surface area contributed by atoms with Crippen molar-refractivity contribution in [3.8, 4) is 0 Å². The summed E-state index contributed by atoms with van der Waals surface area (Å²) in [6.45, 7) is 4.47. The number of fused-ring (bicyclic) bond motifs is 2. The summed E-state index contributed by atoms with van der Waals surface area (Å²) in [5.74, 6) is -0.389. The van der Waals surface area contributed by atoms with Gasteiger partial charge in [0, 0.05) is 6.20 Å². The van der Waals surface area contributed by atoms with E-state index >= 15 is 0 Å². The normalized spacial score (nSPS) is 29.0. The first-order valence-electron chi connectivity index (χ1n) is 11.6. The number of rotatable bonds is 11. The molecule has 186 valence electrons. The molecular weight excluding hydrogens is 481 g/mol. The molecule has 2 fully saturated rings. The molecule has 4 atom stereocenters. The SMILES string of the molecule is CC1(C)[C@H]2CC[C@@]1(C(=O)C1NC=CO1)[C@@H](OCCOC(=O)C(Cl)(Cl)COCc1ccccc1)C2. The number of hydrogen-bond donors (Lipinski definition) is 1. The molecule has 34 heavy (non-hydrogen) atoms. The van der Waals surface area contributed by atoms with Crippen molar-refractivity contribution in [3.05, 3.63) is 48.4 Å². The topological polar surface area (TPSA) is 83.1 Å². The summed E-state index contributed by atoms with van der Waals surface area (Å²) in [4.78, 5) is 25.9. The van der Waals surface area contributed by atoms with Gasteiger partial charge in [0.25, 0.3) is 0 Å². The maximum atomic E-state index is 13.5. The fraction of sp³-hybridized carbons (Fsp3) is 0.600. The summed E-state index contributed by atoms with van der Waals surface area (Å²) in [5.41, 5.74) is 0.0790. The van der Waals surface area contributed by atoms with Crippen molar-refractivity contribution in [2.24, 2.45) is 16.7 Å². The van der Waals surface area contributed by atoms with Crippen LogP contribution in [0.1, 0.15) is 38.7 Å². The Morgan fingerprint density at radius 2 is 1.97 bits per heavy atom. The molecule has 1 aliphatic heterocycles. The lowest BCUT2D eigenvalue weighted by Crippen LogP contribution is -2.53. The Hall–Kier alpha value is -1.80. The van der Waals surface area contributed by atoms with Crippen LogP contribution in [0, 0.1) is 16.7 Å². The first kappa shape index (κ1) is 25.3. The second-order valence-electron chi connectivity index (χ2n) is 9.69. The van der Waals surface area contributed by atoms with Gasteiger partial charge in [-0.2, -0.15) is 0 Å². The molecule has 1 aromatic carbocycles. The average Bonchev–Trinajstić information content (AvgIpc) is 3.49. The van der Waals surface area contributed by atoms with E-state index in [0.717, 1.165) is 24.8 Å². The molecule has 0 radical (unpaired) electrons. The number of nitrogens with one attached hydrogen (secondary N) is 1. The Morgan fingerprint density at radius 1 is 1.21 bits per heavy atom. The molecule has 3 aliphatic rings. The molecule has 7 nitrogen and oxygen atoms in total. The zero-order chi connectivity index (χ0) is 24.4. The number of carbonyl (C=O) groups is 2. The van der Waals surface area contributed by atoms with Gasteiger partial charge in [0.2, 0.25) is 16.3 Å². The van der Waals surface area contributed by atoms with Crippen molar-refractivity contribution in [2.45, 2.75) is 56.4 Å². The molecule has 1 N–H and O–H groups in total. The minimum Gasteiger partial charge on any atom is -0.469 e. The summed E-state index contributed by atoms with van der Waals surface area (Å²) >= 11 is 12.3. The van der Waals surface area contributed by atoms with E-state index < -0.39 is 21.9 Å². The van der Waals surface area contributed by atoms with Crippen molar-refractivity contribution < 1.29 is 28.5 Å². The fourth-order valence-electron chi connectivity index (χ4n) is 5.72. The third-order valence-corrected chi connectivity index (χ3v) is 8.17. The summed E-state index contributed by atoms with van der Waals surface area (Å²) < 4.78 is 20.5. The number of ether oxygens (including phenoxy) is 4.